The number of hydrogen-bond acceptors (Lipinski definition) is 5. The average Bonchev–Trinajstić information content (AvgIpc) is 2.88. The lowest BCUT2D eigenvalue weighted by Crippen LogP contribution is -2.37. The van der Waals surface area contributed by atoms with Crippen molar-refractivity contribution in [1.82, 2.24) is 0 Å². The van der Waals surface area contributed by atoms with Gasteiger partial charge in [0.25, 0.3) is 0 Å². The monoisotopic (exact) mass is 522 g/mol. The van der Waals surface area contributed by atoms with Crippen LogP contribution in [0, 0.1) is 5.92 Å². The summed E-state index contributed by atoms with van der Waals surface area (Å²) in [5.41, 5.74) is 2.95. The number of hydrogen-bond donors (Lipinski definition) is 0. The van der Waals surface area contributed by atoms with E-state index in [0.29, 0.717) is 16.7 Å². The zero-order valence-electron chi connectivity index (χ0n) is 19.4. The van der Waals surface area contributed by atoms with Gasteiger partial charge in [0.05, 0.1) is 20.1 Å². The standard InChI is InChI=1S/C28H27BrO5/c1-4-18-10-12-21(13-11-18)26(30)24(19-8-6-5-7-9-19)23(20-14-16-22(29)17-15-20)25(27(31)33-2)28(32)34-3/h5-17,23-25H,4H2,1-3H3. The molecule has 34 heavy (non-hydrogen) atoms. The van der Waals surface area contributed by atoms with Gasteiger partial charge in [-0.2, -0.15) is 0 Å². The van der Waals surface area contributed by atoms with Crippen molar-refractivity contribution < 1.29 is 23.9 Å². The fourth-order valence-electron chi connectivity index (χ4n) is 4.17. The first-order chi connectivity index (χ1) is 16.4. The summed E-state index contributed by atoms with van der Waals surface area (Å²) in [7, 11) is 2.44. The number of benzene rings is 3. The van der Waals surface area contributed by atoms with Crippen LogP contribution in [-0.2, 0) is 25.5 Å². The molecule has 0 saturated carbocycles. The van der Waals surface area contributed by atoms with E-state index in [1.54, 1.807) is 24.3 Å². The molecular weight excluding hydrogens is 496 g/mol. The molecule has 0 spiro atoms. The van der Waals surface area contributed by atoms with E-state index in [9.17, 15) is 14.4 Å². The molecule has 6 heteroatoms. The summed E-state index contributed by atoms with van der Waals surface area (Å²) in [5.74, 6) is -4.73. The second kappa shape index (κ2) is 11.7. The third-order valence-corrected chi connectivity index (χ3v) is 6.50. The van der Waals surface area contributed by atoms with Crippen molar-refractivity contribution in [1.29, 1.82) is 0 Å². The Morgan fingerprint density at radius 3 is 1.82 bits per heavy atom. The molecule has 2 unspecified atom stereocenters. The maximum atomic E-state index is 14.0. The largest absolute Gasteiger partial charge is 0.468 e. The van der Waals surface area contributed by atoms with Gasteiger partial charge >= 0.3 is 11.9 Å². The number of methoxy groups -OCH3 is 2. The Balaban J connectivity index is 2.25. The van der Waals surface area contributed by atoms with Gasteiger partial charge in [0.1, 0.15) is 0 Å². The molecule has 0 amide bonds. The Labute approximate surface area is 208 Å². The molecule has 0 saturated heterocycles. The van der Waals surface area contributed by atoms with Gasteiger partial charge in [-0.05, 0) is 35.2 Å². The van der Waals surface area contributed by atoms with E-state index in [1.807, 2.05) is 61.5 Å². The molecule has 176 valence electrons. The molecular formula is C28H27BrO5. The van der Waals surface area contributed by atoms with Gasteiger partial charge in [-0.15, -0.1) is 0 Å². The minimum Gasteiger partial charge on any atom is -0.468 e. The highest BCUT2D eigenvalue weighted by Gasteiger charge is 2.45. The van der Waals surface area contributed by atoms with Gasteiger partial charge in [-0.3, -0.25) is 14.4 Å². The molecule has 0 aliphatic heterocycles. The number of aryl methyl sites for hydroxylation is 1. The first-order valence-electron chi connectivity index (χ1n) is 11.0. The second-order valence-corrected chi connectivity index (χ2v) is 8.82. The Bertz CT molecular complexity index is 1110. The summed E-state index contributed by atoms with van der Waals surface area (Å²) >= 11 is 3.43. The van der Waals surface area contributed by atoms with Gasteiger partial charge in [0.2, 0.25) is 0 Å². The number of esters is 2. The predicted molar refractivity (Wildman–Crippen MR) is 134 cm³/mol. The SMILES string of the molecule is CCc1ccc(C(=O)C(c2ccccc2)C(c2ccc(Br)cc2)C(C(=O)OC)C(=O)OC)cc1. The van der Waals surface area contributed by atoms with E-state index in [2.05, 4.69) is 15.9 Å². The van der Waals surface area contributed by atoms with Gasteiger partial charge in [-0.25, -0.2) is 0 Å². The highest BCUT2D eigenvalue weighted by molar-refractivity contribution is 9.10. The minimum atomic E-state index is -1.33. The highest BCUT2D eigenvalue weighted by Crippen LogP contribution is 2.42. The van der Waals surface area contributed by atoms with Gasteiger partial charge in [0.15, 0.2) is 11.7 Å². The Morgan fingerprint density at radius 2 is 1.32 bits per heavy atom. The summed E-state index contributed by atoms with van der Waals surface area (Å²) in [4.78, 5) is 39.9. The Kier molecular flexibility index (Phi) is 8.77. The number of ketones is 1. The first-order valence-corrected chi connectivity index (χ1v) is 11.8. The number of halogens is 1. The van der Waals surface area contributed by atoms with Crippen molar-refractivity contribution in [2.45, 2.75) is 25.2 Å². The normalized spacial score (nSPS) is 12.6. The molecule has 0 aliphatic carbocycles. The maximum Gasteiger partial charge on any atom is 0.320 e. The van der Waals surface area contributed by atoms with Gasteiger partial charge in [-0.1, -0.05) is 89.6 Å². The number of Topliss-reactive ketones (excluding diaryl/α,β-unsaturated/α-hetero) is 1. The fraction of sp³-hybridized carbons (Fsp3) is 0.250. The van der Waals surface area contributed by atoms with Crippen LogP contribution in [0.1, 0.15) is 45.8 Å². The van der Waals surface area contributed by atoms with Crippen LogP contribution >= 0.6 is 15.9 Å². The molecule has 3 aromatic rings. The molecule has 2 atom stereocenters. The van der Waals surface area contributed by atoms with Crippen molar-refractivity contribution in [3.8, 4) is 0 Å². The molecule has 0 radical (unpaired) electrons. The van der Waals surface area contributed by atoms with Crippen LogP contribution < -0.4 is 0 Å². The lowest BCUT2D eigenvalue weighted by Gasteiger charge is -2.31. The lowest BCUT2D eigenvalue weighted by atomic mass is 9.70. The molecule has 0 fully saturated rings. The number of rotatable bonds is 9. The smallest absolute Gasteiger partial charge is 0.320 e. The predicted octanol–water partition coefficient (Wildman–Crippen LogP) is 5.72. The second-order valence-electron chi connectivity index (χ2n) is 7.90. The van der Waals surface area contributed by atoms with Crippen LogP contribution in [0.4, 0.5) is 0 Å². The Hall–Kier alpha value is -3.25. The van der Waals surface area contributed by atoms with Crippen LogP contribution in [0.25, 0.3) is 0 Å². The first kappa shape index (κ1) is 25.4. The highest BCUT2D eigenvalue weighted by atomic mass is 79.9. The molecule has 5 nitrogen and oxygen atoms in total. The number of carbonyl (C=O) groups is 3. The van der Waals surface area contributed by atoms with E-state index in [1.165, 1.54) is 14.2 Å². The van der Waals surface area contributed by atoms with Crippen LogP contribution in [0.3, 0.4) is 0 Å². The third-order valence-electron chi connectivity index (χ3n) is 5.97. The molecule has 3 rings (SSSR count). The molecule has 0 bridgehead atoms. The summed E-state index contributed by atoms with van der Waals surface area (Å²) < 4.78 is 10.8. The number of ether oxygens (including phenoxy) is 2. The molecule has 0 heterocycles. The van der Waals surface area contributed by atoms with Crippen molar-refractivity contribution in [2.75, 3.05) is 14.2 Å². The topological polar surface area (TPSA) is 69.7 Å². The summed E-state index contributed by atoms with van der Waals surface area (Å²) in [6.07, 6.45) is 0.852. The molecule has 0 N–H and O–H groups in total. The van der Waals surface area contributed by atoms with Crippen molar-refractivity contribution in [3.05, 3.63) is 106 Å². The van der Waals surface area contributed by atoms with E-state index >= 15 is 0 Å². The quantitative estimate of drug-likeness (QED) is 0.204. The summed E-state index contributed by atoms with van der Waals surface area (Å²) in [5, 5.41) is 0. The molecule has 3 aromatic carbocycles. The minimum absolute atomic E-state index is 0.195. The van der Waals surface area contributed by atoms with E-state index < -0.39 is 29.7 Å². The molecule has 0 aromatic heterocycles. The van der Waals surface area contributed by atoms with Crippen LogP contribution in [0.15, 0.2) is 83.3 Å². The zero-order chi connectivity index (χ0) is 24.7. The van der Waals surface area contributed by atoms with Crippen LogP contribution in [0.2, 0.25) is 0 Å². The van der Waals surface area contributed by atoms with E-state index in [-0.39, 0.29) is 5.78 Å². The van der Waals surface area contributed by atoms with E-state index in [0.717, 1.165) is 16.5 Å². The maximum absolute atomic E-state index is 14.0. The van der Waals surface area contributed by atoms with Crippen LogP contribution in [0.5, 0.6) is 0 Å². The van der Waals surface area contributed by atoms with Crippen molar-refractivity contribution in [2.24, 2.45) is 5.92 Å². The molecule has 0 aliphatic rings. The summed E-state index contributed by atoms with van der Waals surface area (Å²) in [6.45, 7) is 2.05. The summed E-state index contributed by atoms with van der Waals surface area (Å²) in [6, 6.07) is 23.8. The van der Waals surface area contributed by atoms with Crippen molar-refractivity contribution in [3.63, 3.8) is 0 Å². The van der Waals surface area contributed by atoms with E-state index in [4.69, 9.17) is 9.47 Å². The van der Waals surface area contributed by atoms with Crippen LogP contribution in [-0.4, -0.2) is 31.9 Å². The van der Waals surface area contributed by atoms with Gasteiger partial charge < -0.3 is 9.47 Å². The van der Waals surface area contributed by atoms with Crippen molar-refractivity contribution >= 4 is 33.7 Å². The number of carbonyl (C=O) groups excluding carboxylic acids is 3. The zero-order valence-corrected chi connectivity index (χ0v) is 20.9. The third kappa shape index (κ3) is 5.62. The Morgan fingerprint density at radius 1 is 0.765 bits per heavy atom. The van der Waals surface area contributed by atoms with Gasteiger partial charge in [0, 0.05) is 16.0 Å². The lowest BCUT2D eigenvalue weighted by molar-refractivity contribution is -0.160. The average molecular weight is 523 g/mol. The fourth-order valence-corrected chi connectivity index (χ4v) is 4.44.